The van der Waals surface area contributed by atoms with E-state index in [1.807, 2.05) is 30.4 Å². The van der Waals surface area contributed by atoms with Crippen LogP contribution in [0.4, 0.5) is 0 Å². The van der Waals surface area contributed by atoms with E-state index in [0.717, 1.165) is 15.6 Å². The molecule has 4 heteroatoms. The summed E-state index contributed by atoms with van der Waals surface area (Å²) in [6, 6.07) is 14.3. The number of hydrogen-bond donors (Lipinski definition) is 0. The van der Waals surface area contributed by atoms with Crippen LogP contribution >= 0.6 is 15.9 Å². The van der Waals surface area contributed by atoms with E-state index in [1.165, 1.54) is 11.1 Å². The molecule has 0 fully saturated rings. The molecule has 0 spiro atoms. The zero-order chi connectivity index (χ0) is 16.2. The van der Waals surface area contributed by atoms with Gasteiger partial charge in [0.1, 0.15) is 0 Å². The average molecular weight is 369 g/mol. The molecule has 2 aromatic carbocycles. The summed E-state index contributed by atoms with van der Waals surface area (Å²) in [6.45, 7) is 4.22. The maximum atomic E-state index is 5.69. The normalized spacial score (nSPS) is 11.3. The third-order valence-corrected chi connectivity index (χ3v) is 4.27. The maximum Gasteiger partial charge on any atom is 0.240 e. The van der Waals surface area contributed by atoms with Crippen molar-refractivity contribution in [2.24, 2.45) is 0 Å². The number of rotatable bonds is 4. The minimum absolute atomic E-state index is 0.524. The second-order valence-corrected chi connectivity index (χ2v) is 6.38. The Hall–Kier alpha value is -2.20. The zero-order valence-electron chi connectivity index (χ0n) is 13.1. The van der Waals surface area contributed by atoms with E-state index in [4.69, 9.17) is 4.42 Å². The molecule has 0 aliphatic carbocycles. The number of benzene rings is 2. The van der Waals surface area contributed by atoms with Gasteiger partial charge in [-0.1, -0.05) is 46.3 Å². The molecule has 0 aliphatic rings. The van der Waals surface area contributed by atoms with Crippen molar-refractivity contribution < 1.29 is 4.42 Å². The van der Waals surface area contributed by atoms with Crippen LogP contribution in [-0.2, 0) is 6.42 Å². The molecule has 0 amide bonds. The van der Waals surface area contributed by atoms with Crippen LogP contribution < -0.4 is 0 Å². The van der Waals surface area contributed by atoms with Gasteiger partial charge in [0.15, 0.2) is 0 Å². The molecule has 0 N–H and O–H groups in total. The number of nitrogens with zero attached hydrogens (tertiary/aromatic N) is 2. The molecule has 116 valence electrons. The molecule has 1 heterocycles. The standard InChI is InChI=1S/C19H17BrN2O/c1-13-5-3-7-16(14(13)2)9-10-18-21-22-19(23-18)12-15-6-4-8-17(20)11-15/h3-11H,12H2,1-2H3/b10-9+. The molecule has 3 rings (SSSR count). The van der Waals surface area contributed by atoms with E-state index in [2.05, 4.69) is 64.2 Å². The second kappa shape index (κ2) is 6.92. The first-order valence-electron chi connectivity index (χ1n) is 7.43. The van der Waals surface area contributed by atoms with Crippen molar-refractivity contribution >= 4 is 28.1 Å². The maximum absolute atomic E-state index is 5.69. The summed E-state index contributed by atoms with van der Waals surface area (Å²) in [7, 11) is 0. The summed E-state index contributed by atoms with van der Waals surface area (Å²) in [6.07, 6.45) is 4.50. The summed E-state index contributed by atoms with van der Waals surface area (Å²) in [5.41, 5.74) is 4.83. The van der Waals surface area contributed by atoms with Crippen LogP contribution in [0.1, 0.15) is 34.0 Å². The highest BCUT2D eigenvalue weighted by atomic mass is 79.9. The van der Waals surface area contributed by atoms with Gasteiger partial charge in [-0.3, -0.25) is 0 Å². The number of aromatic nitrogens is 2. The van der Waals surface area contributed by atoms with Gasteiger partial charge in [-0.25, -0.2) is 0 Å². The quantitative estimate of drug-likeness (QED) is 0.634. The Kier molecular flexibility index (Phi) is 4.72. The van der Waals surface area contributed by atoms with Crippen molar-refractivity contribution in [3.8, 4) is 0 Å². The van der Waals surface area contributed by atoms with E-state index >= 15 is 0 Å². The fraction of sp³-hybridized carbons (Fsp3) is 0.158. The molecule has 0 saturated carbocycles. The van der Waals surface area contributed by atoms with E-state index in [9.17, 15) is 0 Å². The lowest BCUT2D eigenvalue weighted by Crippen LogP contribution is -1.87. The fourth-order valence-corrected chi connectivity index (χ4v) is 2.79. The molecule has 0 radical (unpaired) electrons. The third-order valence-electron chi connectivity index (χ3n) is 3.78. The van der Waals surface area contributed by atoms with Gasteiger partial charge >= 0.3 is 0 Å². The molecular formula is C19H17BrN2O. The first kappa shape index (κ1) is 15.7. The zero-order valence-corrected chi connectivity index (χ0v) is 14.7. The third kappa shape index (κ3) is 3.96. The summed E-state index contributed by atoms with van der Waals surface area (Å²) < 4.78 is 6.74. The minimum Gasteiger partial charge on any atom is -0.421 e. The second-order valence-electron chi connectivity index (χ2n) is 5.46. The lowest BCUT2D eigenvalue weighted by atomic mass is 10.0. The van der Waals surface area contributed by atoms with Crippen molar-refractivity contribution in [2.75, 3.05) is 0 Å². The van der Waals surface area contributed by atoms with Crippen molar-refractivity contribution in [3.63, 3.8) is 0 Å². The SMILES string of the molecule is Cc1cccc(/C=C/c2nnc(Cc3cccc(Br)c3)o2)c1C. The first-order chi connectivity index (χ1) is 11.1. The van der Waals surface area contributed by atoms with E-state index in [-0.39, 0.29) is 0 Å². The van der Waals surface area contributed by atoms with Crippen LogP contribution in [0.15, 0.2) is 51.4 Å². The van der Waals surface area contributed by atoms with Gasteiger partial charge in [0.2, 0.25) is 11.8 Å². The van der Waals surface area contributed by atoms with E-state index < -0.39 is 0 Å². The van der Waals surface area contributed by atoms with Crippen molar-refractivity contribution in [1.29, 1.82) is 0 Å². The topological polar surface area (TPSA) is 38.9 Å². The largest absolute Gasteiger partial charge is 0.421 e. The molecule has 3 aromatic rings. The van der Waals surface area contributed by atoms with E-state index in [1.54, 1.807) is 0 Å². The highest BCUT2D eigenvalue weighted by Gasteiger charge is 2.05. The molecule has 1 aromatic heterocycles. The van der Waals surface area contributed by atoms with Gasteiger partial charge in [0, 0.05) is 10.5 Å². The van der Waals surface area contributed by atoms with Gasteiger partial charge in [0.05, 0.1) is 6.42 Å². The molecule has 0 unspecified atom stereocenters. The Balaban J connectivity index is 1.74. The Morgan fingerprint density at radius 2 is 1.87 bits per heavy atom. The summed E-state index contributed by atoms with van der Waals surface area (Å²) >= 11 is 3.47. The van der Waals surface area contributed by atoms with Gasteiger partial charge in [-0.15, -0.1) is 10.2 Å². The lowest BCUT2D eigenvalue weighted by Gasteiger charge is -2.02. The molecule has 0 aliphatic heterocycles. The van der Waals surface area contributed by atoms with Gasteiger partial charge in [0.25, 0.3) is 0 Å². The predicted molar refractivity (Wildman–Crippen MR) is 96.1 cm³/mol. The molecule has 0 atom stereocenters. The van der Waals surface area contributed by atoms with Crippen LogP contribution in [0.3, 0.4) is 0 Å². The number of halogens is 1. The first-order valence-corrected chi connectivity index (χ1v) is 8.22. The van der Waals surface area contributed by atoms with Crippen molar-refractivity contribution in [3.05, 3.63) is 81.0 Å². The predicted octanol–water partition coefficient (Wildman–Crippen LogP) is 5.21. The summed E-state index contributed by atoms with van der Waals surface area (Å²) in [4.78, 5) is 0. The Labute approximate surface area is 144 Å². The molecule has 0 saturated heterocycles. The Morgan fingerprint density at radius 3 is 2.70 bits per heavy atom. The van der Waals surface area contributed by atoms with Crippen LogP contribution in [0.25, 0.3) is 12.2 Å². The number of hydrogen-bond acceptors (Lipinski definition) is 3. The van der Waals surface area contributed by atoms with Crippen molar-refractivity contribution in [1.82, 2.24) is 10.2 Å². The van der Waals surface area contributed by atoms with Gasteiger partial charge in [-0.05, 0) is 54.3 Å². The van der Waals surface area contributed by atoms with Crippen LogP contribution in [0.2, 0.25) is 0 Å². The summed E-state index contributed by atoms with van der Waals surface area (Å²) in [5, 5.41) is 8.20. The smallest absolute Gasteiger partial charge is 0.240 e. The average Bonchev–Trinajstić information content (AvgIpc) is 2.96. The number of aryl methyl sites for hydroxylation is 1. The van der Waals surface area contributed by atoms with Crippen molar-refractivity contribution in [2.45, 2.75) is 20.3 Å². The van der Waals surface area contributed by atoms with Crippen LogP contribution in [0, 0.1) is 13.8 Å². The molecule has 3 nitrogen and oxygen atoms in total. The highest BCUT2D eigenvalue weighted by molar-refractivity contribution is 9.10. The highest BCUT2D eigenvalue weighted by Crippen LogP contribution is 2.17. The lowest BCUT2D eigenvalue weighted by molar-refractivity contribution is 0.496. The van der Waals surface area contributed by atoms with E-state index in [0.29, 0.717) is 18.2 Å². The van der Waals surface area contributed by atoms with Crippen LogP contribution in [-0.4, -0.2) is 10.2 Å². The Morgan fingerprint density at radius 1 is 1.04 bits per heavy atom. The van der Waals surface area contributed by atoms with Gasteiger partial charge in [-0.2, -0.15) is 0 Å². The summed E-state index contributed by atoms with van der Waals surface area (Å²) in [5.74, 6) is 1.14. The van der Waals surface area contributed by atoms with Gasteiger partial charge < -0.3 is 4.42 Å². The Bertz CT molecular complexity index is 852. The monoisotopic (exact) mass is 368 g/mol. The molecular weight excluding hydrogens is 352 g/mol. The molecule has 23 heavy (non-hydrogen) atoms. The molecule has 0 bridgehead atoms. The minimum atomic E-state index is 0.524. The fourth-order valence-electron chi connectivity index (χ4n) is 2.34. The van der Waals surface area contributed by atoms with Crippen LogP contribution in [0.5, 0.6) is 0 Å².